The SMILES string of the molecule is COc1ccc(Cl)cc1-c1noc(-c2cccc(COc3ccccc3Br)c2)n1. The molecule has 5 nitrogen and oxygen atoms in total. The number of nitrogens with zero attached hydrogens (tertiary/aromatic N) is 2. The standard InChI is InChI=1S/C22H16BrClN2O3/c1-27-19-10-9-16(24)12-17(19)21-25-22(29-26-21)15-6-4-5-14(11-15)13-28-20-8-3-2-7-18(20)23/h2-12H,13H2,1H3. The minimum absolute atomic E-state index is 0.407. The molecule has 1 aromatic heterocycles. The fraction of sp³-hybridized carbons (Fsp3) is 0.0909. The summed E-state index contributed by atoms with van der Waals surface area (Å²) in [5, 5.41) is 4.65. The van der Waals surface area contributed by atoms with Gasteiger partial charge in [0.05, 0.1) is 17.1 Å². The zero-order valence-electron chi connectivity index (χ0n) is 15.4. The lowest BCUT2D eigenvalue weighted by Crippen LogP contribution is -1.96. The van der Waals surface area contributed by atoms with E-state index in [0.29, 0.717) is 34.7 Å². The molecule has 0 saturated carbocycles. The Kier molecular flexibility index (Phi) is 5.83. The third-order valence-electron chi connectivity index (χ3n) is 4.23. The number of hydrogen-bond donors (Lipinski definition) is 0. The zero-order valence-corrected chi connectivity index (χ0v) is 17.8. The van der Waals surface area contributed by atoms with Gasteiger partial charge in [0.25, 0.3) is 5.89 Å². The highest BCUT2D eigenvalue weighted by atomic mass is 79.9. The van der Waals surface area contributed by atoms with Crippen LogP contribution in [0.3, 0.4) is 0 Å². The van der Waals surface area contributed by atoms with Crippen molar-refractivity contribution in [3.8, 4) is 34.3 Å². The van der Waals surface area contributed by atoms with Crippen molar-refractivity contribution in [2.24, 2.45) is 0 Å². The molecule has 0 unspecified atom stereocenters. The van der Waals surface area contributed by atoms with Crippen molar-refractivity contribution >= 4 is 27.5 Å². The molecule has 1 heterocycles. The summed E-state index contributed by atoms with van der Waals surface area (Å²) < 4.78 is 17.6. The van der Waals surface area contributed by atoms with Gasteiger partial charge in [0.1, 0.15) is 18.1 Å². The number of methoxy groups -OCH3 is 1. The van der Waals surface area contributed by atoms with Crippen LogP contribution in [0.2, 0.25) is 5.02 Å². The molecule has 3 aromatic carbocycles. The summed E-state index contributed by atoms with van der Waals surface area (Å²) in [6.07, 6.45) is 0. The van der Waals surface area contributed by atoms with E-state index in [9.17, 15) is 0 Å². The van der Waals surface area contributed by atoms with E-state index in [2.05, 4.69) is 26.1 Å². The van der Waals surface area contributed by atoms with Crippen LogP contribution in [0.25, 0.3) is 22.8 Å². The smallest absolute Gasteiger partial charge is 0.258 e. The number of halogens is 2. The first kappa shape index (κ1) is 19.5. The van der Waals surface area contributed by atoms with E-state index in [0.717, 1.165) is 21.3 Å². The first-order valence-corrected chi connectivity index (χ1v) is 9.95. The van der Waals surface area contributed by atoms with Crippen molar-refractivity contribution < 1.29 is 14.0 Å². The van der Waals surface area contributed by atoms with Crippen LogP contribution in [0.1, 0.15) is 5.56 Å². The van der Waals surface area contributed by atoms with Crippen LogP contribution in [0.4, 0.5) is 0 Å². The van der Waals surface area contributed by atoms with Crippen molar-refractivity contribution in [3.63, 3.8) is 0 Å². The summed E-state index contributed by atoms with van der Waals surface area (Å²) in [4.78, 5) is 4.51. The van der Waals surface area contributed by atoms with E-state index in [1.165, 1.54) is 0 Å². The Morgan fingerprint density at radius 1 is 1.00 bits per heavy atom. The first-order valence-electron chi connectivity index (χ1n) is 8.78. The average Bonchev–Trinajstić information content (AvgIpc) is 3.23. The molecule has 0 spiro atoms. The maximum Gasteiger partial charge on any atom is 0.258 e. The third kappa shape index (κ3) is 4.44. The van der Waals surface area contributed by atoms with Crippen molar-refractivity contribution in [1.29, 1.82) is 0 Å². The monoisotopic (exact) mass is 470 g/mol. The van der Waals surface area contributed by atoms with Gasteiger partial charge in [-0.3, -0.25) is 0 Å². The van der Waals surface area contributed by atoms with Crippen LogP contribution < -0.4 is 9.47 Å². The summed E-state index contributed by atoms with van der Waals surface area (Å²) >= 11 is 9.59. The minimum Gasteiger partial charge on any atom is -0.496 e. The predicted octanol–water partition coefficient (Wildman–Crippen LogP) is 6.41. The fourth-order valence-corrected chi connectivity index (χ4v) is 3.39. The molecule has 0 radical (unpaired) electrons. The Hall–Kier alpha value is -2.83. The Bertz CT molecular complexity index is 1150. The molecule has 0 aliphatic carbocycles. The van der Waals surface area contributed by atoms with Crippen LogP contribution in [0.5, 0.6) is 11.5 Å². The van der Waals surface area contributed by atoms with E-state index in [1.807, 2.05) is 48.5 Å². The maximum atomic E-state index is 6.11. The van der Waals surface area contributed by atoms with Gasteiger partial charge in [-0.15, -0.1) is 0 Å². The lowest BCUT2D eigenvalue weighted by Gasteiger charge is -2.08. The Morgan fingerprint density at radius 3 is 2.69 bits per heavy atom. The number of ether oxygens (including phenoxy) is 2. The van der Waals surface area contributed by atoms with Crippen molar-refractivity contribution in [2.75, 3.05) is 7.11 Å². The molecular weight excluding hydrogens is 456 g/mol. The molecule has 29 heavy (non-hydrogen) atoms. The summed E-state index contributed by atoms with van der Waals surface area (Å²) in [5.41, 5.74) is 2.46. The minimum atomic E-state index is 0.407. The van der Waals surface area contributed by atoms with Crippen molar-refractivity contribution in [3.05, 3.63) is 81.8 Å². The van der Waals surface area contributed by atoms with Crippen LogP contribution in [-0.2, 0) is 6.61 Å². The molecule has 0 atom stereocenters. The van der Waals surface area contributed by atoms with Crippen LogP contribution in [0, 0.1) is 0 Å². The van der Waals surface area contributed by atoms with Gasteiger partial charge in [-0.1, -0.05) is 41.0 Å². The van der Waals surface area contributed by atoms with Gasteiger partial charge in [0, 0.05) is 10.6 Å². The summed E-state index contributed by atoms with van der Waals surface area (Å²) in [6.45, 7) is 0.416. The summed E-state index contributed by atoms with van der Waals surface area (Å²) in [6, 6.07) is 20.8. The predicted molar refractivity (Wildman–Crippen MR) is 115 cm³/mol. The molecule has 0 bridgehead atoms. The number of para-hydroxylation sites is 1. The average molecular weight is 472 g/mol. The Balaban J connectivity index is 1.57. The van der Waals surface area contributed by atoms with Crippen molar-refractivity contribution in [2.45, 2.75) is 6.61 Å². The number of rotatable bonds is 6. The zero-order chi connectivity index (χ0) is 20.2. The number of benzene rings is 3. The van der Waals surface area contributed by atoms with Gasteiger partial charge in [-0.25, -0.2) is 0 Å². The van der Waals surface area contributed by atoms with Gasteiger partial charge < -0.3 is 14.0 Å². The summed E-state index contributed by atoms with van der Waals surface area (Å²) in [7, 11) is 1.59. The molecule has 4 rings (SSSR count). The molecule has 0 amide bonds. The molecule has 0 N–H and O–H groups in total. The van der Waals surface area contributed by atoms with E-state index in [1.54, 1.807) is 25.3 Å². The van der Waals surface area contributed by atoms with Crippen LogP contribution >= 0.6 is 27.5 Å². The first-order chi connectivity index (χ1) is 14.1. The Morgan fingerprint density at radius 2 is 1.86 bits per heavy atom. The third-order valence-corrected chi connectivity index (χ3v) is 5.12. The van der Waals surface area contributed by atoms with Crippen LogP contribution in [0.15, 0.2) is 75.7 Å². The highest BCUT2D eigenvalue weighted by Crippen LogP contribution is 2.32. The van der Waals surface area contributed by atoms with E-state index >= 15 is 0 Å². The van der Waals surface area contributed by atoms with Crippen molar-refractivity contribution in [1.82, 2.24) is 10.1 Å². The second-order valence-corrected chi connectivity index (χ2v) is 7.48. The van der Waals surface area contributed by atoms with Gasteiger partial charge in [0.2, 0.25) is 5.82 Å². The summed E-state index contributed by atoms with van der Waals surface area (Å²) in [5.74, 6) is 2.22. The second kappa shape index (κ2) is 8.68. The van der Waals surface area contributed by atoms with E-state index in [-0.39, 0.29) is 0 Å². The largest absolute Gasteiger partial charge is 0.496 e. The topological polar surface area (TPSA) is 57.4 Å². The van der Waals surface area contributed by atoms with Gasteiger partial charge in [-0.05, 0) is 64.0 Å². The lowest BCUT2D eigenvalue weighted by molar-refractivity contribution is 0.304. The van der Waals surface area contributed by atoms with Gasteiger partial charge >= 0.3 is 0 Å². The van der Waals surface area contributed by atoms with Crippen LogP contribution in [-0.4, -0.2) is 17.3 Å². The van der Waals surface area contributed by atoms with E-state index < -0.39 is 0 Å². The normalized spacial score (nSPS) is 10.7. The molecule has 0 aliphatic rings. The highest BCUT2D eigenvalue weighted by Gasteiger charge is 2.15. The molecule has 0 aliphatic heterocycles. The fourth-order valence-electron chi connectivity index (χ4n) is 2.82. The number of hydrogen-bond acceptors (Lipinski definition) is 5. The molecule has 4 aromatic rings. The molecule has 7 heteroatoms. The second-order valence-electron chi connectivity index (χ2n) is 6.19. The lowest BCUT2D eigenvalue weighted by atomic mass is 10.1. The molecule has 0 saturated heterocycles. The van der Waals surface area contributed by atoms with Gasteiger partial charge in [0.15, 0.2) is 0 Å². The molecule has 146 valence electrons. The van der Waals surface area contributed by atoms with Gasteiger partial charge in [-0.2, -0.15) is 4.98 Å². The molecular formula is C22H16BrClN2O3. The quantitative estimate of drug-likeness (QED) is 0.325. The maximum absolute atomic E-state index is 6.11. The highest BCUT2D eigenvalue weighted by molar-refractivity contribution is 9.10. The Labute approximate surface area is 181 Å². The molecule has 0 fully saturated rings. The number of aromatic nitrogens is 2. The van der Waals surface area contributed by atoms with E-state index in [4.69, 9.17) is 25.6 Å².